The smallest absolute Gasteiger partial charge is 0.226 e. The van der Waals surface area contributed by atoms with E-state index in [1.807, 2.05) is 54.7 Å². The monoisotopic (exact) mass is 345 g/mol. The minimum atomic E-state index is -0.000424. The standard InChI is InChI=1S/C21H19N3O2/c25-20(11-10-16-12-22-19-9-5-4-8-18(16)19)23-13-17-14-26-21(24-17)15-6-2-1-3-7-15/h1-9,12,14,22H,10-11,13H2,(H,23,25). The first-order valence-corrected chi connectivity index (χ1v) is 8.61. The number of hydrogen-bond donors (Lipinski definition) is 2. The number of carbonyl (C=O) groups excluding carboxylic acids is 1. The molecule has 2 N–H and O–H groups in total. The molecule has 0 bridgehead atoms. The van der Waals surface area contributed by atoms with Crippen LogP contribution in [0.5, 0.6) is 0 Å². The Bertz CT molecular complexity index is 1020. The number of nitrogens with one attached hydrogen (secondary N) is 2. The zero-order chi connectivity index (χ0) is 17.8. The van der Waals surface area contributed by atoms with Crippen LogP contribution in [-0.4, -0.2) is 15.9 Å². The molecule has 2 aromatic carbocycles. The third-order valence-corrected chi connectivity index (χ3v) is 4.34. The van der Waals surface area contributed by atoms with Crippen molar-refractivity contribution in [3.8, 4) is 11.5 Å². The number of nitrogens with zero attached hydrogens (tertiary/aromatic N) is 1. The van der Waals surface area contributed by atoms with E-state index in [1.165, 1.54) is 5.39 Å². The van der Waals surface area contributed by atoms with Crippen LogP contribution in [0.4, 0.5) is 0 Å². The van der Waals surface area contributed by atoms with E-state index in [1.54, 1.807) is 6.26 Å². The van der Waals surface area contributed by atoms with Crippen molar-refractivity contribution in [3.63, 3.8) is 0 Å². The highest BCUT2D eigenvalue weighted by Gasteiger charge is 2.09. The number of fused-ring (bicyclic) bond motifs is 1. The molecule has 0 fully saturated rings. The second-order valence-electron chi connectivity index (χ2n) is 6.15. The molecule has 0 aliphatic rings. The number of H-pyrrole nitrogens is 1. The molecule has 0 saturated heterocycles. The first-order chi connectivity index (χ1) is 12.8. The second kappa shape index (κ2) is 7.27. The zero-order valence-corrected chi connectivity index (χ0v) is 14.2. The highest BCUT2D eigenvalue weighted by atomic mass is 16.3. The lowest BCUT2D eigenvalue weighted by molar-refractivity contribution is -0.121. The van der Waals surface area contributed by atoms with Gasteiger partial charge in [0.15, 0.2) is 0 Å². The first-order valence-electron chi connectivity index (χ1n) is 8.61. The molecule has 0 atom stereocenters. The van der Waals surface area contributed by atoms with Crippen molar-refractivity contribution in [3.05, 3.63) is 78.3 Å². The molecule has 5 heteroatoms. The van der Waals surface area contributed by atoms with E-state index < -0.39 is 0 Å². The van der Waals surface area contributed by atoms with Gasteiger partial charge in [0.2, 0.25) is 11.8 Å². The molecule has 26 heavy (non-hydrogen) atoms. The first kappa shape index (κ1) is 16.1. The summed E-state index contributed by atoms with van der Waals surface area (Å²) in [5.74, 6) is 0.563. The number of aryl methyl sites for hydroxylation is 1. The van der Waals surface area contributed by atoms with E-state index in [2.05, 4.69) is 21.4 Å². The van der Waals surface area contributed by atoms with Crippen LogP contribution in [0, 0.1) is 0 Å². The zero-order valence-electron chi connectivity index (χ0n) is 14.2. The van der Waals surface area contributed by atoms with Gasteiger partial charge in [-0.15, -0.1) is 0 Å². The summed E-state index contributed by atoms with van der Waals surface area (Å²) in [6.07, 6.45) is 4.69. The van der Waals surface area contributed by atoms with Gasteiger partial charge in [-0.1, -0.05) is 36.4 Å². The lowest BCUT2D eigenvalue weighted by Gasteiger charge is -2.02. The number of hydrogen-bond acceptors (Lipinski definition) is 3. The van der Waals surface area contributed by atoms with Gasteiger partial charge in [0.05, 0.1) is 12.2 Å². The summed E-state index contributed by atoms with van der Waals surface area (Å²) in [5.41, 5.74) is 3.89. The second-order valence-corrected chi connectivity index (χ2v) is 6.15. The van der Waals surface area contributed by atoms with Gasteiger partial charge in [0.1, 0.15) is 6.26 Å². The molecule has 4 rings (SSSR count). The van der Waals surface area contributed by atoms with Crippen molar-refractivity contribution >= 4 is 16.8 Å². The van der Waals surface area contributed by atoms with Crippen LogP contribution < -0.4 is 5.32 Å². The van der Waals surface area contributed by atoms with E-state index in [-0.39, 0.29) is 5.91 Å². The van der Waals surface area contributed by atoms with Crippen molar-refractivity contribution in [1.29, 1.82) is 0 Å². The van der Waals surface area contributed by atoms with Gasteiger partial charge in [-0.25, -0.2) is 4.98 Å². The summed E-state index contributed by atoms with van der Waals surface area (Å²) >= 11 is 0. The summed E-state index contributed by atoms with van der Waals surface area (Å²) in [7, 11) is 0. The molecule has 4 aromatic rings. The van der Waals surface area contributed by atoms with Crippen LogP contribution in [0.25, 0.3) is 22.4 Å². The van der Waals surface area contributed by atoms with Crippen LogP contribution in [0.2, 0.25) is 0 Å². The normalized spacial score (nSPS) is 10.9. The van der Waals surface area contributed by atoms with E-state index >= 15 is 0 Å². The summed E-state index contributed by atoms with van der Waals surface area (Å²) in [6.45, 7) is 0.364. The molecule has 0 aliphatic carbocycles. The maximum absolute atomic E-state index is 12.1. The molecular weight excluding hydrogens is 326 g/mol. The van der Waals surface area contributed by atoms with Crippen molar-refractivity contribution < 1.29 is 9.21 Å². The topological polar surface area (TPSA) is 70.9 Å². The van der Waals surface area contributed by atoms with Crippen LogP contribution >= 0.6 is 0 Å². The van der Waals surface area contributed by atoms with Crippen molar-refractivity contribution in [2.24, 2.45) is 0 Å². The van der Waals surface area contributed by atoms with Gasteiger partial charge in [-0.3, -0.25) is 4.79 Å². The van der Waals surface area contributed by atoms with E-state index in [9.17, 15) is 4.79 Å². The lowest BCUT2D eigenvalue weighted by atomic mass is 10.1. The molecule has 130 valence electrons. The minimum absolute atomic E-state index is 0.000424. The number of carbonyl (C=O) groups is 1. The highest BCUT2D eigenvalue weighted by molar-refractivity contribution is 5.84. The fourth-order valence-electron chi connectivity index (χ4n) is 2.97. The van der Waals surface area contributed by atoms with Gasteiger partial charge in [-0.05, 0) is 30.2 Å². The number of aromatic amines is 1. The van der Waals surface area contributed by atoms with Crippen molar-refractivity contribution in [1.82, 2.24) is 15.3 Å². The van der Waals surface area contributed by atoms with Crippen LogP contribution in [0.1, 0.15) is 17.7 Å². The maximum atomic E-state index is 12.1. The molecule has 0 spiro atoms. The fraction of sp³-hybridized carbons (Fsp3) is 0.143. The molecule has 1 amide bonds. The lowest BCUT2D eigenvalue weighted by Crippen LogP contribution is -2.23. The van der Waals surface area contributed by atoms with Gasteiger partial charge in [0, 0.05) is 29.1 Å². The molecule has 0 aliphatic heterocycles. The molecule has 2 heterocycles. The van der Waals surface area contributed by atoms with Gasteiger partial charge in [0.25, 0.3) is 0 Å². The third-order valence-electron chi connectivity index (χ3n) is 4.34. The van der Waals surface area contributed by atoms with Crippen LogP contribution in [-0.2, 0) is 17.8 Å². The number of rotatable bonds is 6. The van der Waals surface area contributed by atoms with E-state index in [4.69, 9.17) is 4.42 Å². The van der Waals surface area contributed by atoms with Crippen molar-refractivity contribution in [2.45, 2.75) is 19.4 Å². The predicted molar refractivity (Wildman–Crippen MR) is 100 cm³/mol. The average molecular weight is 345 g/mol. The molecule has 0 saturated carbocycles. The summed E-state index contributed by atoms with van der Waals surface area (Å²) in [6, 6.07) is 17.8. The number of para-hydroxylation sites is 1. The molecule has 5 nitrogen and oxygen atoms in total. The van der Waals surface area contributed by atoms with E-state index in [0.29, 0.717) is 31.0 Å². The van der Waals surface area contributed by atoms with Gasteiger partial charge in [-0.2, -0.15) is 0 Å². The van der Waals surface area contributed by atoms with Crippen LogP contribution in [0.3, 0.4) is 0 Å². The number of amides is 1. The van der Waals surface area contributed by atoms with Crippen molar-refractivity contribution in [2.75, 3.05) is 0 Å². The predicted octanol–water partition coefficient (Wildman–Crippen LogP) is 4.07. The minimum Gasteiger partial charge on any atom is -0.444 e. The largest absolute Gasteiger partial charge is 0.444 e. The third kappa shape index (κ3) is 3.52. The quantitative estimate of drug-likeness (QED) is 0.553. The molecule has 0 unspecified atom stereocenters. The summed E-state index contributed by atoms with van der Waals surface area (Å²) in [5, 5.41) is 4.07. The van der Waals surface area contributed by atoms with Gasteiger partial charge < -0.3 is 14.7 Å². The Labute approximate surface area is 151 Å². The van der Waals surface area contributed by atoms with Gasteiger partial charge >= 0.3 is 0 Å². The molecule has 0 radical (unpaired) electrons. The maximum Gasteiger partial charge on any atom is 0.226 e. The number of oxazole rings is 1. The summed E-state index contributed by atoms with van der Waals surface area (Å²) in [4.78, 5) is 19.8. The van der Waals surface area contributed by atoms with Crippen LogP contribution in [0.15, 0.2) is 71.5 Å². The number of benzene rings is 2. The number of aromatic nitrogens is 2. The summed E-state index contributed by atoms with van der Waals surface area (Å²) < 4.78 is 5.48. The SMILES string of the molecule is O=C(CCc1c[nH]c2ccccc12)NCc1coc(-c2ccccc2)n1. The fourth-order valence-corrected chi connectivity index (χ4v) is 2.97. The Balaban J connectivity index is 1.31. The Morgan fingerprint density at radius 3 is 2.77 bits per heavy atom. The Kier molecular flexibility index (Phi) is 4.51. The van der Waals surface area contributed by atoms with E-state index in [0.717, 1.165) is 16.6 Å². The molecular formula is C21H19N3O2. The Hall–Kier alpha value is -3.34. The Morgan fingerprint density at radius 1 is 1.08 bits per heavy atom. The Morgan fingerprint density at radius 2 is 1.88 bits per heavy atom. The highest BCUT2D eigenvalue weighted by Crippen LogP contribution is 2.19. The molecule has 2 aromatic heterocycles. The average Bonchev–Trinajstić information content (AvgIpc) is 3.33.